The molecule has 0 atom stereocenters. The predicted octanol–water partition coefficient (Wildman–Crippen LogP) is 0.977. The van der Waals surface area contributed by atoms with Gasteiger partial charge in [-0.3, -0.25) is 24.4 Å². The van der Waals surface area contributed by atoms with E-state index in [1.807, 2.05) is 0 Å². The molecule has 0 bridgehead atoms. The van der Waals surface area contributed by atoms with E-state index in [0.29, 0.717) is 29.2 Å². The highest BCUT2D eigenvalue weighted by molar-refractivity contribution is 5.94. The minimum Gasteiger partial charge on any atom is -0.481 e. The molecule has 0 aromatic carbocycles. The second-order valence-corrected chi connectivity index (χ2v) is 8.02. The van der Waals surface area contributed by atoms with Gasteiger partial charge in [0.2, 0.25) is 23.5 Å². The number of hydrogen-bond donors (Lipinski definition) is 2. The van der Waals surface area contributed by atoms with Crippen LogP contribution in [0, 0.1) is 0 Å². The van der Waals surface area contributed by atoms with Gasteiger partial charge in [0.05, 0.1) is 23.8 Å². The zero-order valence-corrected chi connectivity index (χ0v) is 20.5. The van der Waals surface area contributed by atoms with E-state index in [9.17, 15) is 14.4 Å². The number of carbonyl (C=O) groups excluding carboxylic acids is 2. The summed E-state index contributed by atoms with van der Waals surface area (Å²) < 4.78 is 0. The highest BCUT2D eigenvalue weighted by Crippen LogP contribution is 2.20. The molecule has 198 valence electrons. The lowest BCUT2D eigenvalue weighted by atomic mass is 10.2. The number of nitrogens with zero attached hydrogens (tertiary/aromatic N) is 11. The lowest BCUT2D eigenvalue weighted by molar-refractivity contribution is -0.137. The number of hydrogen-bond acceptors (Lipinski definition) is 13. The molecule has 0 aliphatic heterocycles. The fraction of sp³-hybridized carbons (Fsp3) is 0.261. The number of amides is 2. The first-order valence-electron chi connectivity index (χ1n) is 11.7. The second kappa shape index (κ2) is 13.2. The highest BCUT2D eigenvalue weighted by Gasteiger charge is 2.18. The summed E-state index contributed by atoms with van der Waals surface area (Å²) in [6, 6.07) is 6.59. The Morgan fingerprint density at radius 3 is 1.90 bits per heavy atom. The Bertz CT molecular complexity index is 1390. The van der Waals surface area contributed by atoms with Crippen LogP contribution < -0.4 is 10.2 Å². The maximum Gasteiger partial charge on any atom is 0.303 e. The number of carboxylic acids is 1. The van der Waals surface area contributed by atoms with Crippen molar-refractivity contribution >= 4 is 29.2 Å². The van der Waals surface area contributed by atoms with Gasteiger partial charge in [0.1, 0.15) is 11.4 Å². The number of anilines is 2. The zero-order chi connectivity index (χ0) is 27.5. The topological polar surface area (TPSA) is 216 Å². The van der Waals surface area contributed by atoms with Crippen LogP contribution in [0.25, 0.3) is 23.0 Å². The Morgan fingerprint density at radius 2 is 1.36 bits per heavy atom. The number of carboxylic acid groups (broad SMARTS) is 1. The van der Waals surface area contributed by atoms with E-state index in [0.717, 1.165) is 0 Å². The van der Waals surface area contributed by atoms with Crippen molar-refractivity contribution in [1.82, 2.24) is 50.8 Å². The minimum absolute atomic E-state index is 0.0318. The second-order valence-electron chi connectivity index (χ2n) is 8.02. The van der Waals surface area contributed by atoms with Crippen LogP contribution in [0.15, 0.2) is 49.3 Å². The smallest absolute Gasteiger partial charge is 0.303 e. The largest absolute Gasteiger partial charge is 0.481 e. The van der Waals surface area contributed by atoms with Crippen molar-refractivity contribution in [3.05, 3.63) is 49.3 Å². The lowest BCUT2D eigenvalue weighted by Crippen LogP contribution is -2.32. The van der Waals surface area contributed by atoms with Gasteiger partial charge in [0, 0.05) is 25.8 Å². The van der Waals surface area contributed by atoms with E-state index in [2.05, 4.69) is 56.1 Å². The summed E-state index contributed by atoms with van der Waals surface area (Å²) in [4.78, 5) is 46.3. The summed E-state index contributed by atoms with van der Waals surface area (Å²) in [6.07, 6.45) is 5.92. The van der Waals surface area contributed by atoms with E-state index < -0.39 is 5.97 Å². The van der Waals surface area contributed by atoms with Gasteiger partial charge < -0.3 is 15.3 Å². The predicted molar refractivity (Wildman–Crippen MR) is 133 cm³/mol. The SMILES string of the molecule is O=C(O)CCCC(=O)N(CCCC(=O)Nc1ccc(-c2nncnn2)nc1)c1ccc(-c2nncnn2)nc1. The number of pyridine rings is 2. The summed E-state index contributed by atoms with van der Waals surface area (Å²) in [5.41, 5.74) is 1.84. The molecule has 0 aliphatic carbocycles. The molecule has 2 amide bonds. The van der Waals surface area contributed by atoms with Gasteiger partial charge in [-0.15, -0.1) is 40.8 Å². The summed E-state index contributed by atoms with van der Waals surface area (Å²) >= 11 is 0. The van der Waals surface area contributed by atoms with E-state index in [4.69, 9.17) is 5.11 Å². The van der Waals surface area contributed by atoms with Gasteiger partial charge in [-0.2, -0.15) is 0 Å². The third kappa shape index (κ3) is 7.78. The normalized spacial score (nSPS) is 10.6. The first-order chi connectivity index (χ1) is 19.0. The Kier molecular flexibility index (Phi) is 9.04. The molecular weight excluding hydrogens is 508 g/mol. The molecule has 16 nitrogen and oxygen atoms in total. The fourth-order valence-electron chi connectivity index (χ4n) is 3.44. The van der Waals surface area contributed by atoms with Crippen LogP contribution in [-0.2, 0) is 14.4 Å². The Hall–Kier alpha value is -5.41. The van der Waals surface area contributed by atoms with E-state index in [1.165, 1.54) is 29.9 Å². The van der Waals surface area contributed by atoms with Crippen LogP contribution >= 0.6 is 0 Å². The molecule has 0 radical (unpaired) electrons. The van der Waals surface area contributed by atoms with Crippen molar-refractivity contribution in [3.8, 4) is 23.0 Å². The maximum atomic E-state index is 12.9. The molecule has 0 unspecified atom stereocenters. The van der Waals surface area contributed by atoms with Gasteiger partial charge in [-0.1, -0.05) is 0 Å². The van der Waals surface area contributed by atoms with Crippen molar-refractivity contribution < 1.29 is 19.5 Å². The van der Waals surface area contributed by atoms with Crippen molar-refractivity contribution in [1.29, 1.82) is 0 Å². The summed E-state index contributed by atoms with van der Waals surface area (Å²) in [5.74, 6) is -1.04. The van der Waals surface area contributed by atoms with E-state index in [1.54, 1.807) is 24.3 Å². The maximum absolute atomic E-state index is 12.9. The van der Waals surface area contributed by atoms with Crippen LogP contribution in [0.4, 0.5) is 11.4 Å². The Balaban J connectivity index is 1.36. The van der Waals surface area contributed by atoms with Crippen molar-refractivity contribution in [3.63, 3.8) is 0 Å². The highest BCUT2D eigenvalue weighted by atomic mass is 16.4. The molecule has 0 saturated carbocycles. The molecule has 4 rings (SSSR count). The quantitative estimate of drug-likeness (QED) is 0.261. The number of nitrogens with one attached hydrogen (secondary N) is 1. The van der Waals surface area contributed by atoms with Gasteiger partial charge in [-0.05, 0) is 37.1 Å². The van der Waals surface area contributed by atoms with Crippen LogP contribution in [-0.4, -0.2) is 80.2 Å². The Labute approximate surface area is 221 Å². The molecule has 16 heteroatoms. The summed E-state index contributed by atoms with van der Waals surface area (Å²) in [6.45, 7) is 0.216. The monoisotopic (exact) mass is 530 g/mol. The Morgan fingerprint density at radius 1 is 0.744 bits per heavy atom. The van der Waals surface area contributed by atoms with Crippen LogP contribution in [0.3, 0.4) is 0 Å². The van der Waals surface area contributed by atoms with Gasteiger partial charge in [0.25, 0.3) is 0 Å². The van der Waals surface area contributed by atoms with E-state index >= 15 is 0 Å². The molecule has 2 N–H and O–H groups in total. The van der Waals surface area contributed by atoms with Crippen LogP contribution in [0.1, 0.15) is 32.1 Å². The van der Waals surface area contributed by atoms with E-state index in [-0.39, 0.29) is 55.7 Å². The van der Waals surface area contributed by atoms with Crippen LogP contribution in [0.2, 0.25) is 0 Å². The molecule has 4 aromatic heterocycles. The molecule has 0 spiro atoms. The van der Waals surface area contributed by atoms with Crippen molar-refractivity contribution in [2.75, 3.05) is 16.8 Å². The number of aromatic nitrogens is 10. The third-order valence-electron chi connectivity index (χ3n) is 5.25. The zero-order valence-electron chi connectivity index (χ0n) is 20.5. The van der Waals surface area contributed by atoms with Gasteiger partial charge in [-0.25, -0.2) is 0 Å². The number of aliphatic carboxylic acids is 1. The first-order valence-corrected chi connectivity index (χ1v) is 11.7. The molecule has 0 saturated heterocycles. The minimum atomic E-state index is -0.978. The molecule has 4 heterocycles. The average molecular weight is 531 g/mol. The summed E-state index contributed by atoms with van der Waals surface area (Å²) in [7, 11) is 0. The first kappa shape index (κ1) is 26.6. The molecule has 0 aliphatic rings. The number of rotatable bonds is 12. The number of carbonyl (C=O) groups is 3. The van der Waals surface area contributed by atoms with Crippen molar-refractivity contribution in [2.24, 2.45) is 0 Å². The molecular formula is C23H22N12O4. The van der Waals surface area contributed by atoms with Crippen LogP contribution in [0.5, 0.6) is 0 Å². The third-order valence-corrected chi connectivity index (χ3v) is 5.25. The standard InChI is InChI=1S/C23H22N12O4/c36-19(30-15-6-8-17(24-11-15)22-31-26-13-27-32-22)3-2-10-35(20(37)4-1-5-21(38)39)16-7-9-18(25-12-16)23-33-28-14-29-34-23/h6-9,11-14H,1-5,10H2,(H,30,36)(H,38,39). The molecule has 0 fully saturated rings. The van der Waals surface area contributed by atoms with Crippen molar-refractivity contribution in [2.45, 2.75) is 32.1 Å². The fourth-order valence-corrected chi connectivity index (χ4v) is 3.44. The van der Waals surface area contributed by atoms with Gasteiger partial charge in [0.15, 0.2) is 12.7 Å². The molecule has 4 aromatic rings. The molecule has 39 heavy (non-hydrogen) atoms. The average Bonchev–Trinajstić information content (AvgIpc) is 2.96. The summed E-state index contributed by atoms with van der Waals surface area (Å²) in [5, 5.41) is 41.7. The van der Waals surface area contributed by atoms with Gasteiger partial charge >= 0.3 is 5.97 Å². The lowest BCUT2D eigenvalue weighted by Gasteiger charge is -2.22.